The van der Waals surface area contributed by atoms with Crippen LogP contribution in [-0.4, -0.2) is 74.7 Å². The first kappa shape index (κ1) is 24.7. The number of halogens is 1. The van der Waals surface area contributed by atoms with Crippen LogP contribution in [0.3, 0.4) is 0 Å². The van der Waals surface area contributed by atoms with Crippen LogP contribution in [0.2, 0.25) is 0 Å². The number of nitrogens with one attached hydrogen (secondary N) is 1. The highest BCUT2D eigenvalue weighted by Crippen LogP contribution is 2.25. The SMILES string of the molecule is CN=C(NCCc1ncc(C)s1)N1CCN(Cc2cc(OC)ccc2OC)CC1.I. The van der Waals surface area contributed by atoms with E-state index in [1.165, 1.54) is 9.88 Å². The van der Waals surface area contributed by atoms with E-state index in [0.29, 0.717) is 0 Å². The standard InChI is InChI=1S/C21H31N5O2S.HI/c1-16-14-24-20(29-16)7-8-23-21(22-2)26-11-9-25(10-12-26)15-17-13-18(27-3)5-6-19(17)28-4;/h5-6,13-14H,7-12,15H2,1-4H3,(H,22,23);1H. The number of aryl methyl sites for hydroxylation is 1. The van der Waals surface area contributed by atoms with E-state index in [0.717, 1.165) is 68.7 Å². The van der Waals surface area contributed by atoms with Gasteiger partial charge in [-0.15, -0.1) is 35.3 Å². The molecular formula is C21H32IN5O2S. The summed E-state index contributed by atoms with van der Waals surface area (Å²) in [7, 11) is 5.26. The number of thiazole rings is 1. The molecule has 1 aliphatic rings. The molecule has 0 radical (unpaired) electrons. The number of benzene rings is 1. The lowest BCUT2D eigenvalue weighted by atomic mass is 10.1. The van der Waals surface area contributed by atoms with Gasteiger partial charge in [-0.25, -0.2) is 4.98 Å². The third kappa shape index (κ3) is 6.71. The molecule has 1 saturated heterocycles. The molecule has 0 amide bonds. The molecule has 1 fully saturated rings. The van der Waals surface area contributed by atoms with Gasteiger partial charge in [0.2, 0.25) is 0 Å². The number of ether oxygens (including phenoxy) is 2. The molecule has 0 aliphatic carbocycles. The summed E-state index contributed by atoms with van der Waals surface area (Å²) in [6, 6.07) is 5.97. The molecule has 1 aromatic carbocycles. The number of rotatable bonds is 7. The van der Waals surface area contributed by atoms with Crippen molar-refractivity contribution in [3.63, 3.8) is 0 Å². The first-order valence-electron chi connectivity index (χ1n) is 9.93. The van der Waals surface area contributed by atoms with Crippen LogP contribution >= 0.6 is 35.3 Å². The zero-order chi connectivity index (χ0) is 20.6. The van der Waals surface area contributed by atoms with Gasteiger partial charge in [-0.05, 0) is 25.1 Å². The van der Waals surface area contributed by atoms with E-state index in [4.69, 9.17) is 9.47 Å². The number of hydrogen-bond donors (Lipinski definition) is 1. The number of methoxy groups -OCH3 is 2. The maximum Gasteiger partial charge on any atom is 0.193 e. The normalized spacial score (nSPS) is 14.9. The van der Waals surface area contributed by atoms with E-state index in [2.05, 4.69) is 38.1 Å². The van der Waals surface area contributed by atoms with E-state index < -0.39 is 0 Å². The number of aliphatic imine (C=N–C) groups is 1. The minimum absolute atomic E-state index is 0. The fraction of sp³-hybridized carbons (Fsp3) is 0.524. The van der Waals surface area contributed by atoms with Gasteiger partial charge < -0.3 is 19.7 Å². The van der Waals surface area contributed by atoms with Gasteiger partial charge in [0.05, 0.1) is 19.2 Å². The van der Waals surface area contributed by atoms with Crippen molar-refractivity contribution in [3.8, 4) is 11.5 Å². The van der Waals surface area contributed by atoms with Crippen LogP contribution in [0.5, 0.6) is 11.5 Å². The van der Waals surface area contributed by atoms with E-state index in [1.54, 1.807) is 25.6 Å². The lowest BCUT2D eigenvalue weighted by Gasteiger charge is -2.36. The largest absolute Gasteiger partial charge is 0.497 e. The van der Waals surface area contributed by atoms with Gasteiger partial charge in [0, 0.05) is 69.4 Å². The van der Waals surface area contributed by atoms with E-state index >= 15 is 0 Å². The van der Waals surface area contributed by atoms with Crippen LogP contribution < -0.4 is 14.8 Å². The fourth-order valence-corrected chi connectivity index (χ4v) is 4.28. The number of guanidine groups is 1. The molecular weight excluding hydrogens is 513 g/mol. The Balaban J connectivity index is 0.00000320. The van der Waals surface area contributed by atoms with Crippen LogP contribution in [0.4, 0.5) is 0 Å². The lowest BCUT2D eigenvalue weighted by Crippen LogP contribution is -2.52. The highest BCUT2D eigenvalue weighted by atomic mass is 127. The minimum atomic E-state index is 0. The van der Waals surface area contributed by atoms with Crippen molar-refractivity contribution >= 4 is 41.3 Å². The Kier molecular flexibility index (Phi) is 10.1. The molecule has 30 heavy (non-hydrogen) atoms. The second-order valence-corrected chi connectivity index (χ2v) is 8.35. The molecule has 0 bridgehead atoms. The number of hydrogen-bond acceptors (Lipinski definition) is 6. The van der Waals surface area contributed by atoms with Gasteiger partial charge in [-0.1, -0.05) is 0 Å². The van der Waals surface area contributed by atoms with Gasteiger partial charge in [0.1, 0.15) is 11.5 Å². The molecule has 0 saturated carbocycles. The quantitative estimate of drug-likeness (QED) is 0.328. The molecule has 9 heteroatoms. The molecule has 7 nitrogen and oxygen atoms in total. The van der Waals surface area contributed by atoms with E-state index in [9.17, 15) is 0 Å². The summed E-state index contributed by atoms with van der Waals surface area (Å²) in [6.07, 6.45) is 2.86. The number of piperazine rings is 1. The predicted molar refractivity (Wildman–Crippen MR) is 134 cm³/mol. The van der Waals surface area contributed by atoms with Crippen LogP contribution in [0.1, 0.15) is 15.4 Å². The van der Waals surface area contributed by atoms with Crippen LogP contribution in [0, 0.1) is 6.92 Å². The topological polar surface area (TPSA) is 62.2 Å². The van der Waals surface area contributed by atoms with Crippen molar-refractivity contribution in [1.29, 1.82) is 0 Å². The highest BCUT2D eigenvalue weighted by molar-refractivity contribution is 14.0. The van der Waals surface area contributed by atoms with Crippen molar-refractivity contribution in [2.75, 3.05) is 54.0 Å². The van der Waals surface area contributed by atoms with E-state index in [1.807, 2.05) is 25.4 Å². The number of aromatic nitrogens is 1. The predicted octanol–water partition coefficient (Wildman–Crippen LogP) is 3.02. The molecule has 0 unspecified atom stereocenters. The monoisotopic (exact) mass is 545 g/mol. The highest BCUT2D eigenvalue weighted by Gasteiger charge is 2.20. The van der Waals surface area contributed by atoms with Crippen molar-refractivity contribution in [2.24, 2.45) is 4.99 Å². The third-order valence-corrected chi connectivity index (χ3v) is 6.03. The Morgan fingerprint density at radius 2 is 1.97 bits per heavy atom. The molecule has 1 N–H and O–H groups in total. The molecule has 1 aliphatic heterocycles. The molecule has 0 spiro atoms. The second-order valence-electron chi connectivity index (χ2n) is 7.03. The molecule has 166 valence electrons. The summed E-state index contributed by atoms with van der Waals surface area (Å²) in [5, 5.41) is 4.65. The molecule has 2 aromatic rings. The maximum atomic E-state index is 5.52. The first-order valence-corrected chi connectivity index (χ1v) is 10.7. The average Bonchev–Trinajstić information content (AvgIpc) is 3.17. The molecule has 3 rings (SSSR count). The van der Waals surface area contributed by atoms with Gasteiger partial charge >= 0.3 is 0 Å². The molecule has 2 heterocycles. The summed E-state index contributed by atoms with van der Waals surface area (Å²) >= 11 is 1.76. The Labute approximate surface area is 200 Å². The van der Waals surface area contributed by atoms with Crippen molar-refractivity contribution in [3.05, 3.63) is 39.8 Å². The second kappa shape index (κ2) is 12.3. The van der Waals surface area contributed by atoms with Gasteiger partial charge in [-0.3, -0.25) is 9.89 Å². The molecule has 1 aromatic heterocycles. The van der Waals surface area contributed by atoms with Gasteiger partial charge in [0.25, 0.3) is 0 Å². The lowest BCUT2D eigenvalue weighted by molar-refractivity contribution is 0.171. The Hall–Kier alpha value is -1.59. The van der Waals surface area contributed by atoms with Crippen molar-refractivity contribution in [2.45, 2.75) is 19.9 Å². The average molecular weight is 545 g/mol. The minimum Gasteiger partial charge on any atom is -0.497 e. The van der Waals surface area contributed by atoms with Gasteiger partial charge in [0.15, 0.2) is 5.96 Å². The van der Waals surface area contributed by atoms with Crippen molar-refractivity contribution < 1.29 is 9.47 Å². The zero-order valence-electron chi connectivity index (χ0n) is 18.2. The fourth-order valence-electron chi connectivity index (χ4n) is 3.49. The molecule has 0 atom stereocenters. The Bertz CT molecular complexity index is 821. The summed E-state index contributed by atoms with van der Waals surface area (Å²) in [4.78, 5) is 14.9. The first-order chi connectivity index (χ1) is 14.1. The van der Waals surface area contributed by atoms with Crippen LogP contribution in [-0.2, 0) is 13.0 Å². The maximum absolute atomic E-state index is 5.52. The van der Waals surface area contributed by atoms with E-state index in [-0.39, 0.29) is 24.0 Å². The smallest absolute Gasteiger partial charge is 0.193 e. The number of nitrogens with zero attached hydrogens (tertiary/aromatic N) is 4. The summed E-state index contributed by atoms with van der Waals surface area (Å²) in [5.41, 5.74) is 1.15. The summed E-state index contributed by atoms with van der Waals surface area (Å²) < 4.78 is 10.9. The Morgan fingerprint density at radius 1 is 1.20 bits per heavy atom. The van der Waals surface area contributed by atoms with Crippen LogP contribution in [0.25, 0.3) is 0 Å². The van der Waals surface area contributed by atoms with Gasteiger partial charge in [-0.2, -0.15) is 0 Å². The van der Waals surface area contributed by atoms with Crippen molar-refractivity contribution in [1.82, 2.24) is 20.1 Å². The summed E-state index contributed by atoms with van der Waals surface area (Å²) in [6.45, 7) is 7.64. The zero-order valence-corrected chi connectivity index (χ0v) is 21.3. The third-order valence-electron chi connectivity index (χ3n) is 5.06. The van der Waals surface area contributed by atoms with Crippen LogP contribution in [0.15, 0.2) is 29.4 Å². The Morgan fingerprint density at radius 3 is 2.57 bits per heavy atom. The summed E-state index contributed by atoms with van der Waals surface area (Å²) in [5.74, 6) is 2.74.